The van der Waals surface area contributed by atoms with Crippen molar-refractivity contribution in [2.75, 3.05) is 11.9 Å². The van der Waals surface area contributed by atoms with Crippen molar-refractivity contribution in [2.24, 2.45) is 0 Å². The van der Waals surface area contributed by atoms with Gasteiger partial charge in [-0.1, -0.05) is 11.6 Å². The number of aliphatic hydroxyl groups excluding tert-OH is 1. The Bertz CT molecular complexity index is 391. The first-order valence-electron chi connectivity index (χ1n) is 5.94. The Balaban J connectivity index is 2.08. The van der Waals surface area contributed by atoms with Gasteiger partial charge in [-0.2, -0.15) is 0 Å². The van der Waals surface area contributed by atoms with E-state index in [4.69, 9.17) is 11.6 Å². The van der Waals surface area contributed by atoms with Crippen LogP contribution in [0.1, 0.15) is 25.7 Å². The second-order valence-corrected chi connectivity index (χ2v) is 5.08. The van der Waals surface area contributed by atoms with Crippen LogP contribution in [0, 0.1) is 5.82 Å². The Kier molecular flexibility index (Phi) is 3.89. The van der Waals surface area contributed by atoms with E-state index in [0.29, 0.717) is 6.04 Å². The van der Waals surface area contributed by atoms with Crippen molar-refractivity contribution in [3.63, 3.8) is 0 Å². The van der Waals surface area contributed by atoms with Gasteiger partial charge in [-0.05, 0) is 43.9 Å². The van der Waals surface area contributed by atoms with Gasteiger partial charge < -0.3 is 10.0 Å². The van der Waals surface area contributed by atoms with Crippen molar-refractivity contribution in [3.05, 3.63) is 29.0 Å². The molecule has 2 rings (SSSR count). The fraction of sp³-hybridized carbons (Fsp3) is 0.538. The first-order chi connectivity index (χ1) is 8.08. The second kappa shape index (κ2) is 5.23. The summed E-state index contributed by atoms with van der Waals surface area (Å²) in [5.41, 5.74) is 0.929. The number of nitrogens with zero attached hydrogens (tertiary/aromatic N) is 1. The average Bonchev–Trinajstić information content (AvgIpc) is 2.33. The van der Waals surface area contributed by atoms with E-state index in [1.54, 1.807) is 12.1 Å². The zero-order valence-electron chi connectivity index (χ0n) is 9.87. The molecule has 1 aromatic carbocycles. The van der Waals surface area contributed by atoms with E-state index in [2.05, 4.69) is 4.90 Å². The van der Waals surface area contributed by atoms with Gasteiger partial charge in [0.15, 0.2) is 0 Å². The van der Waals surface area contributed by atoms with Crippen LogP contribution in [0.2, 0.25) is 5.02 Å². The van der Waals surface area contributed by atoms with Gasteiger partial charge in [-0.3, -0.25) is 0 Å². The SMILES string of the molecule is CN(c1ccc(F)c(Cl)c1)C1CCC(O)CC1. The monoisotopic (exact) mass is 257 g/mol. The van der Waals surface area contributed by atoms with E-state index in [9.17, 15) is 9.50 Å². The summed E-state index contributed by atoms with van der Waals surface area (Å²) in [6.07, 6.45) is 3.45. The maximum absolute atomic E-state index is 13.1. The molecule has 1 fully saturated rings. The summed E-state index contributed by atoms with van der Waals surface area (Å²) < 4.78 is 13.1. The van der Waals surface area contributed by atoms with Gasteiger partial charge in [-0.25, -0.2) is 4.39 Å². The van der Waals surface area contributed by atoms with Crippen LogP contribution in [0.25, 0.3) is 0 Å². The molecule has 4 heteroatoms. The molecule has 0 saturated heterocycles. The van der Waals surface area contributed by atoms with Gasteiger partial charge in [0, 0.05) is 18.8 Å². The third kappa shape index (κ3) is 2.90. The molecule has 0 unspecified atom stereocenters. The molecule has 17 heavy (non-hydrogen) atoms. The van der Waals surface area contributed by atoms with E-state index < -0.39 is 0 Å². The molecule has 1 N–H and O–H groups in total. The molecule has 94 valence electrons. The molecule has 0 bridgehead atoms. The van der Waals surface area contributed by atoms with Crippen molar-refractivity contribution >= 4 is 17.3 Å². The van der Waals surface area contributed by atoms with Gasteiger partial charge in [0.05, 0.1) is 11.1 Å². The molecule has 2 nitrogen and oxygen atoms in total. The molecule has 0 atom stereocenters. The topological polar surface area (TPSA) is 23.5 Å². The van der Waals surface area contributed by atoms with Crippen molar-refractivity contribution in [2.45, 2.75) is 37.8 Å². The number of aliphatic hydroxyl groups is 1. The summed E-state index contributed by atoms with van der Waals surface area (Å²) in [6.45, 7) is 0. The Hall–Kier alpha value is -0.800. The van der Waals surface area contributed by atoms with Gasteiger partial charge >= 0.3 is 0 Å². The zero-order chi connectivity index (χ0) is 12.4. The average molecular weight is 258 g/mol. The van der Waals surface area contributed by atoms with E-state index in [1.807, 2.05) is 7.05 Å². The number of hydrogen-bond acceptors (Lipinski definition) is 2. The molecule has 1 aromatic rings. The lowest BCUT2D eigenvalue weighted by Gasteiger charge is -2.34. The van der Waals surface area contributed by atoms with Gasteiger partial charge in [0.2, 0.25) is 0 Å². The maximum Gasteiger partial charge on any atom is 0.141 e. The van der Waals surface area contributed by atoms with E-state index in [-0.39, 0.29) is 16.9 Å². The molecule has 0 radical (unpaired) electrons. The highest BCUT2D eigenvalue weighted by Gasteiger charge is 2.23. The molecule has 1 saturated carbocycles. The maximum atomic E-state index is 13.1. The molecule has 1 aliphatic rings. The number of benzene rings is 1. The minimum atomic E-state index is -0.386. The predicted molar refractivity (Wildman–Crippen MR) is 68.1 cm³/mol. The minimum Gasteiger partial charge on any atom is -0.393 e. The van der Waals surface area contributed by atoms with Gasteiger partial charge in [-0.15, -0.1) is 0 Å². The summed E-state index contributed by atoms with van der Waals surface area (Å²) in [6, 6.07) is 5.19. The number of halogens is 2. The highest BCUT2D eigenvalue weighted by molar-refractivity contribution is 6.31. The molecule has 0 aromatic heterocycles. The number of anilines is 1. The zero-order valence-corrected chi connectivity index (χ0v) is 10.6. The highest BCUT2D eigenvalue weighted by atomic mass is 35.5. The molecular formula is C13H17ClFNO. The predicted octanol–water partition coefficient (Wildman–Crippen LogP) is 3.22. The highest BCUT2D eigenvalue weighted by Crippen LogP contribution is 2.28. The summed E-state index contributed by atoms with van der Waals surface area (Å²) in [5, 5.41) is 9.63. The summed E-state index contributed by atoms with van der Waals surface area (Å²) in [7, 11) is 1.99. The Morgan fingerprint density at radius 1 is 1.29 bits per heavy atom. The van der Waals surface area contributed by atoms with Gasteiger partial charge in [0.1, 0.15) is 5.82 Å². The molecule has 0 heterocycles. The molecule has 0 aliphatic heterocycles. The Labute approximate surface area is 106 Å². The third-order valence-corrected chi connectivity index (χ3v) is 3.81. The largest absolute Gasteiger partial charge is 0.393 e. The van der Waals surface area contributed by atoms with E-state index in [1.165, 1.54) is 6.07 Å². The number of hydrogen-bond donors (Lipinski definition) is 1. The van der Waals surface area contributed by atoms with E-state index in [0.717, 1.165) is 31.4 Å². The smallest absolute Gasteiger partial charge is 0.141 e. The standard InChI is InChI=1S/C13H17ClFNO/c1-16(9-2-5-11(17)6-3-9)10-4-7-13(15)12(14)8-10/h4,7-9,11,17H,2-3,5-6H2,1H3. The molecule has 1 aliphatic carbocycles. The van der Waals surface area contributed by atoms with Crippen LogP contribution < -0.4 is 4.90 Å². The fourth-order valence-electron chi connectivity index (χ4n) is 2.36. The van der Waals surface area contributed by atoms with Crippen LogP contribution in [0.15, 0.2) is 18.2 Å². The minimum absolute atomic E-state index is 0.156. The summed E-state index contributed by atoms with van der Waals surface area (Å²) in [4.78, 5) is 2.12. The summed E-state index contributed by atoms with van der Waals surface area (Å²) in [5.74, 6) is -0.386. The van der Waals surface area contributed by atoms with Crippen molar-refractivity contribution in [1.29, 1.82) is 0 Å². The van der Waals surface area contributed by atoms with E-state index >= 15 is 0 Å². The van der Waals surface area contributed by atoms with Crippen LogP contribution in [0.5, 0.6) is 0 Å². The summed E-state index contributed by atoms with van der Waals surface area (Å²) >= 11 is 5.78. The lowest BCUT2D eigenvalue weighted by Crippen LogP contribution is -2.36. The van der Waals surface area contributed by atoms with Crippen LogP contribution in [0.4, 0.5) is 10.1 Å². The second-order valence-electron chi connectivity index (χ2n) is 4.67. The number of rotatable bonds is 2. The lowest BCUT2D eigenvalue weighted by molar-refractivity contribution is 0.122. The molecule has 0 amide bonds. The first-order valence-corrected chi connectivity index (χ1v) is 6.31. The third-order valence-electron chi connectivity index (χ3n) is 3.52. The van der Waals surface area contributed by atoms with Gasteiger partial charge in [0.25, 0.3) is 0 Å². The van der Waals surface area contributed by atoms with Crippen LogP contribution in [-0.4, -0.2) is 24.3 Å². The van der Waals surface area contributed by atoms with Crippen LogP contribution in [0.3, 0.4) is 0 Å². The Morgan fingerprint density at radius 2 is 1.94 bits per heavy atom. The fourth-order valence-corrected chi connectivity index (χ4v) is 2.54. The normalized spacial score (nSPS) is 24.7. The first kappa shape index (κ1) is 12.7. The quantitative estimate of drug-likeness (QED) is 0.879. The molecule has 0 spiro atoms. The molecular weight excluding hydrogens is 241 g/mol. The van der Waals surface area contributed by atoms with Crippen molar-refractivity contribution in [3.8, 4) is 0 Å². The van der Waals surface area contributed by atoms with Crippen LogP contribution >= 0.6 is 11.6 Å². The van der Waals surface area contributed by atoms with Crippen molar-refractivity contribution in [1.82, 2.24) is 0 Å². The lowest BCUT2D eigenvalue weighted by atomic mass is 9.92. The van der Waals surface area contributed by atoms with Crippen LogP contribution in [-0.2, 0) is 0 Å². The Morgan fingerprint density at radius 3 is 2.53 bits per heavy atom. The van der Waals surface area contributed by atoms with Crippen molar-refractivity contribution < 1.29 is 9.50 Å².